The third-order valence-electron chi connectivity index (χ3n) is 3.44. The highest BCUT2D eigenvalue weighted by Crippen LogP contribution is 2.23. The van der Waals surface area contributed by atoms with Crippen LogP contribution in [-0.4, -0.2) is 4.98 Å². The van der Waals surface area contributed by atoms with Crippen LogP contribution in [0, 0.1) is 11.3 Å². The zero-order valence-electron chi connectivity index (χ0n) is 11.8. The van der Waals surface area contributed by atoms with Gasteiger partial charge in [0.15, 0.2) is 0 Å². The van der Waals surface area contributed by atoms with Crippen molar-refractivity contribution in [1.82, 2.24) is 4.98 Å². The fourth-order valence-electron chi connectivity index (χ4n) is 2.30. The van der Waals surface area contributed by atoms with Gasteiger partial charge in [-0.05, 0) is 36.2 Å². The topological polar surface area (TPSA) is 48.7 Å². The van der Waals surface area contributed by atoms with Crippen molar-refractivity contribution in [3.05, 3.63) is 65.7 Å². The molecule has 0 atom stereocenters. The van der Waals surface area contributed by atoms with Crippen molar-refractivity contribution >= 4 is 22.4 Å². The molecule has 102 valence electrons. The average molecular weight is 273 g/mol. The van der Waals surface area contributed by atoms with Crippen LogP contribution in [-0.2, 0) is 6.42 Å². The number of nitrogens with zero attached hydrogens (tertiary/aromatic N) is 2. The average Bonchev–Trinajstić information content (AvgIpc) is 2.54. The Morgan fingerprint density at radius 2 is 1.95 bits per heavy atom. The summed E-state index contributed by atoms with van der Waals surface area (Å²) in [6.45, 7) is 2.12. The highest BCUT2D eigenvalue weighted by molar-refractivity contribution is 5.83. The summed E-state index contributed by atoms with van der Waals surface area (Å²) in [6, 6.07) is 20.0. The van der Waals surface area contributed by atoms with E-state index in [1.165, 1.54) is 5.56 Å². The van der Waals surface area contributed by atoms with E-state index in [4.69, 9.17) is 0 Å². The molecule has 0 spiro atoms. The summed E-state index contributed by atoms with van der Waals surface area (Å²) in [4.78, 5) is 4.56. The second kappa shape index (κ2) is 5.64. The minimum absolute atomic E-state index is 0.551. The lowest BCUT2D eigenvalue weighted by Gasteiger charge is -2.10. The highest BCUT2D eigenvalue weighted by Gasteiger charge is 2.07. The fourth-order valence-corrected chi connectivity index (χ4v) is 2.30. The Balaban J connectivity index is 2.04. The van der Waals surface area contributed by atoms with Gasteiger partial charge in [-0.3, -0.25) is 0 Å². The lowest BCUT2D eigenvalue weighted by Crippen LogP contribution is -1.98. The molecule has 0 radical (unpaired) electrons. The molecule has 1 heterocycles. The molecule has 0 unspecified atom stereocenters. The number of fused-ring (bicyclic) bond motifs is 1. The molecule has 1 N–H and O–H groups in total. The van der Waals surface area contributed by atoms with E-state index < -0.39 is 0 Å². The smallest absolute Gasteiger partial charge is 0.149 e. The van der Waals surface area contributed by atoms with Gasteiger partial charge in [-0.1, -0.05) is 37.3 Å². The second-order valence-electron chi connectivity index (χ2n) is 4.87. The van der Waals surface area contributed by atoms with E-state index in [0.717, 1.165) is 23.0 Å². The van der Waals surface area contributed by atoms with Gasteiger partial charge in [-0.25, -0.2) is 4.98 Å². The van der Waals surface area contributed by atoms with E-state index in [1.807, 2.05) is 42.5 Å². The minimum Gasteiger partial charge on any atom is -0.339 e. The van der Waals surface area contributed by atoms with E-state index in [0.29, 0.717) is 11.4 Å². The number of aromatic nitrogens is 1. The van der Waals surface area contributed by atoms with Crippen molar-refractivity contribution in [3.8, 4) is 6.07 Å². The van der Waals surface area contributed by atoms with E-state index >= 15 is 0 Å². The maximum Gasteiger partial charge on any atom is 0.149 e. The van der Waals surface area contributed by atoms with Crippen molar-refractivity contribution in [2.75, 3.05) is 5.32 Å². The first-order valence-electron chi connectivity index (χ1n) is 6.96. The van der Waals surface area contributed by atoms with E-state index in [2.05, 4.69) is 35.4 Å². The molecular weight excluding hydrogens is 258 g/mol. The molecule has 0 aliphatic heterocycles. The number of nitrogens with one attached hydrogen (secondary N) is 1. The monoisotopic (exact) mass is 273 g/mol. The zero-order valence-corrected chi connectivity index (χ0v) is 11.8. The maximum absolute atomic E-state index is 9.33. The summed E-state index contributed by atoms with van der Waals surface area (Å²) < 4.78 is 0. The first-order chi connectivity index (χ1) is 10.3. The molecule has 0 saturated carbocycles. The van der Waals surface area contributed by atoms with E-state index in [1.54, 1.807) is 0 Å². The van der Waals surface area contributed by atoms with Crippen molar-refractivity contribution < 1.29 is 0 Å². The molecule has 3 rings (SSSR count). The first kappa shape index (κ1) is 13.1. The number of aryl methyl sites for hydroxylation is 1. The molecule has 2 aromatic carbocycles. The number of rotatable bonds is 3. The Kier molecular flexibility index (Phi) is 3.53. The third kappa shape index (κ3) is 2.70. The van der Waals surface area contributed by atoms with Crippen LogP contribution >= 0.6 is 0 Å². The van der Waals surface area contributed by atoms with Crippen LogP contribution in [0.5, 0.6) is 0 Å². The summed E-state index contributed by atoms with van der Waals surface area (Å²) in [6.07, 6.45) is 0.978. The molecule has 3 aromatic rings. The van der Waals surface area contributed by atoms with Crippen molar-refractivity contribution in [2.45, 2.75) is 13.3 Å². The van der Waals surface area contributed by atoms with Gasteiger partial charge < -0.3 is 5.32 Å². The molecule has 3 nitrogen and oxygen atoms in total. The van der Waals surface area contributed by atoms with Gasteiger partial charge in [-0.2, -0.15) is 5.26 Å². The maximum atomic E-state index is 9.33. The van der Waals surface area contributed by atoms with Gasteiger partial charge in [-0.15, -0.1) is 0 Å². The van der Waals surface area contributed by atoms with Crippen LogP contribution in [0.4, 0.5) is 11.5 Å². The van der Waals surface area contributed by atoms with Crippen LogP contribution < -0.4 is 5.32 Å². The normalized spacial score (nSPS) is 10.3. The van der Waals surface area contributed by atoms with Gasteiger partial charge in [0.2, 0.25) is 0 Å². The quantitative estimate of drug-likeness (QED) is 0.768. The van der Waals surface area contributed by atoms with Crippen molar-refractivity contribution in [2.24, 2.45) is 0 Å². The Morgan fingerprint density at radius 1 is 1.10 bits per heavy atom. The largest absolute Gasteiger partial charge is 0.339 e. The molecule has 0 amide bonds. The first-order valence-corrected chi connectivity index (χ1v) is 6.96. The molecule has 21 heavy (non-hydrogen) atoms. The zero-order chi connectivity index (χ0) is 14.7. The van der Waals surface area contributed by atoms with E-state index in [9.17, 15) is 5.26 Å². The predicted molar refractivity (Wildman–Crippen MR) is 85.6 cm³/mol. The van der Waals surface area contributed by atoms with Gasteiger partial charge in [0, 0.05) is 11.1 Å². The van der Waals surface area contributed by atoms with Crippen LogP contribution in [0.3, 0.4) is 0 Å². The SMILES string of the molecule is CCc1cccc(Nc2nc3ccccc3cc2C#N)c1. The lowest BCUT2D eigenvalue weighted by atomic mass is 10.1. The van der Waals surface area contributed by atoms with Crippen LogP contribution in [0.1, 0.15) is 18.1 Å². The summed E-state index contributed by atoms with van der Waals surface area (Å²) in [5.41, 5.74) is 3.63. The Hall–Kier alpha value is -2.86. The summed E-state index contributed by atoms with van der Waals surface area (Å²) in [5.74, 6) is 0.601. The minimum atomic E-state index is 0.551. The number of para-hydroxylation sites is 1. The third-order valence-corrected chi connectivity index (χ3v) is 3.44. The molecule has 0 bridgehead atoms. The number of benzene rings is 2. The van der Waals surface area contributed by atoms with Gasteiger partial charge in [0.1, 0.15) is 11.9 Å². The van der Waals surface area contributed by atoms with Crippen molar-refractivity contribution in [1.29, 1.82) is 5.26 Å². The lowest BCUT2D eigenvalue weighted by molar-refractivity contribution is 1.14. The number of nitriles is 1. The molecule has 0 aliphatic carbocycles. The van der Waals surface area contributed by atoms with Crippen molar-refractivity contribution in [3.63, 3.8) is 0 Å². The highest BCUT2D eigenvalue weighted by atomic mass is 15.0. The van der Waals surface area contributed by atoms with Gasteiger partial charge in [0.05, 0.1) is 11.1 Å². The number of hydrogen-bond acceptors (Lipinski definition) is 3. The Labute approximate surface area is 123 Å². The fraction of sp³-hybridized carbons (Fsp3) is 0.111. The molecular formula is C18H15N3. The Morgan fingerprint density at radius 3 is 2.76 bits per heavy atom. The summed E-state index contributed by atoms with van der Waals surface area (Å²) in [5, 5.41) is 13.6. The number of hydrogen-bond donors (Lipinski definition) is 1. The summed E-state index contributed by atoms with van der Waals surface area (Å²) >= 11 is 0. The van der Waals surface area contributed by atoms with Crippen LogP contribution in [0.25, 0.3) is 10.9 Å². The summed E-state index contributed by atoms with van der Waals surface area (Å²) in [7, 11) is 0. The standard InChI is InChI=1S/C18H15N3/c1-2-13-6-5-8-16(10-13)20-18-15(12-19)11-14-7-3-4-9-17(14)21-18/h3-11H,2H2,1H3,(H,20,21). The number of pyridine rings is 1. The molecule has 0 aliphatic rings. The Bertz CT molecular complexity index is 831. The van der Waals surface area contributed by atoms with Gasteiger partial charge >= 0.3 is 0 Å². The predicted octanol–water partition coefficient (Wildman–Crippen LogP) is 4.41. The van der Waals surface area contributed by atoms with E-state index in [-0.39, 0.29) is 0 Å². The molecule has 0 saturated heterocycles. The second-order valence-corrected chi connectivity index (χ2v) is 4.87. The van der Waals surface area contributed by atoms with Crippen LogP contribution in [0.2, 0.25) is 0 Å². The molecule has 0 fully saturated rings. The number of anilines is 2. The molecule has 1 aromatic heterocycles. The van der Waals surface area contributed by atoms with Gasteiger partial charge in [0.25, 0.3) is 0 Å². The molecule has 3 heteroatoms. The van der Waals surface area contributed by atoms with Crippen LogP contribution in [0.15, 0.2) is 54.6 Å².